The second-order valence-electron chi connectivity index (χ2n) is 7.52. The monoisotopic (exact) mass is 311 g/mol. The highest BCUT2D eigenvalue weighted by atomic mass is 32.1. The molecule has 2 N–H and O–H groups in total. The third-order valence-corrected chi connectivity index (χ3v) is 5.87. The van der Waals surface area contributed by atoms with Gasteiger partial charge in [-0.3, -0.25) is 4.90 Å². The number of morpholine rings is 1. The van der Waals surface area contributed by atoms with E-state index in [9.17, 15) is 0 Å². The Morgan fingerprint density at radius 1 is 1.24 bits per heavy atom. The van der Waals surface area contributed by atoms with Crippen molar-refractivity contribution < 1.29 is 4.74 Å². The molecule has 4 nitrogen and oxygen atoms in total. The maximum atomic E-state index is 5.51. The van der Waals surface area contributed by atoms with Crippen LogP contribution >= 0.6 is 12.2 Å². The van der Waals surface area contributed by atoms with Crippen LogP contribution < -0.4 is 10.6 Å². The fourth-order valence-corrected chi connectivity index (χ4v) is 4.44. The third kappa shape index (κ3) is 3.69. The summed E-state index contributed by atoms with van der Waals surface area (Å²) < 4.78 is 5.44. The molecule has 0 radical (unpaired) electrons. The molecule has 120 valence electrons. The van der Waals surface area contributed by atoms with Crippen LogP contribution in [0, 0.1) is 11.8 Å². The van der Waals surface area contributed by atoms with E-state index in [1.54, 1.807) is 0 Å². The van der Waals surface area contributed by atoms with Gasteiger partial charge in [0.25, 0.3) is 0 Å². The summed E-state index contributed by atoms with van der Waals surface area (Å²) in [4.78, 5) is 2.49. The first-order valence-corrected chi connectivity index (χ1v) is 8.82. The Kier molecular flexibility index (Phi) is 4.71. The Hall–Kier alpha value is -0.390. The number of fused-ring (bicyclic) bond motifs is 2. The normalized spacial score (nSPS) is 33.1. The number of nitrogens with zero attached hydrogens (tertiary/aromatic N) is 1. The first-order chi connectivity index (χ1) is 10.0. The fraction of sp³-hybridized carbons (Fsp3) is 0.938. The molecule has 0 spiro atoms. The van der Waals surface area contributed by atoms with E-state index in [2.05, 4.69) is 29.4 Å². The molecular formula is C16H29N3OS. The molecule has 1 saturated heterocycles. The Morgan fingerprint density at radius 3 is 2.62 bits per heavy atom. The van der Waals surface area contributed by atoms with Crippen molar-refractivity contribution in [1.29, 1.82) is 0 Å². The van der Waals surface area contributed by atoms with Gasteiger partial charge in [-0.2, -0.15) is 0 Å². The van der Waals surface area contributed by atoms with Crippen LogP contribution in [-0.4, -0.2) is 54.4 Å². The lowest BCUT2D eigenvalue weighted by Gasteiger charge is -2.41. The van der Waals surface area contributed by atoms with Crippen molar-refractivity contribution in [2.45, 2.75) is 51.1 Å². The molecule has 1 aliphatic heterocycles. The number of rotatable bonds is 4. The van der Waals surface area contributed by atoms with Gasteiger partial charge in [0.2, 0.25) is 0 Å². The van der Waals surface area contributed by atoms with Crippen LogP contribution in [0.3, 0.4) is 0 Å². The Morgan fingerprint density at radius 2 is 2.00 bits per heavy atom. The van der Waals surface area contributed by atoms with Gasteiger partial charge in [-0.05, 0) is 57.2 Å². The van der Waals surface area contributed by atoms with Crippen molar-refractivity contribution in [2.75, 3.05) is 32.8 Å². The molecule has 3 aliphatic rings. The largest absolute Gasteiger partial charge is 0.379 e. The average molecular weight is 311 g/mol. The highest BCUT2D eigenvalue weighted by Gasteiger charge is 2.39. The van der Waals surface area contributed by atoms with Crippen LogP contribution in [-0.2, 0) is 4.74 Å². The quantitative estimate of drug-likeness (QED) is 0.774. The highest BCUT2D eigenvalue weighted by molar-refractivity contribution is 7.80. The minimum atomic E-state index is 0.115. The van der Waals surface area contributed by atoms with Crippen LogP contribution in [0.25, 0.3) is 0 Å². The molecule has 0 amide bonds. The second-order valence-corrected chi connectivity index (χ2v) is 7.93. The average Bonchev–Trinajstić information content (AvgIpc) is 3.09. The maximum absolute atomic E-state index is 5.51. The standard InChI is InChI=1S/C16H29N3OS/c1-16(2,19-5-7-20-8-6-19)11-17-15(21)18-14-10-12-3-4-13(14)9-12/h12-14H,3-11H2,1-2H3,(H2,17,18,21)/t12-,13+,14+/m1/s1. The number of ether oxygens (including phenoxy) is 1. The smallest absolute Gasteiger partial charge is 0.166 e. The molecule has 5 heteroatoms. The summed E-state index contributed by atoms with van der Waals surface area (Å²) in [5.74, 6) is 1.82. The van der Waals surface area contributed by atoms with Gasteiger partial charge in [-0.1, -0.05) is 6.42 Å². The molecular weight excluding hydrogens is 282 g/mol. The second kappa shape index (κ2) is 6.39. The fourth-order valence-electron chi connectivity index (χ4n) is 4.22. The summed E-state index contributed by atoms with van der Waals surface area (Å²) in [7, 11) is 0. The molecule has 1 heterocycles. The summed E-state index contributed by atoms with van der Waals surface area (Å²) in [6.07, 6.45) is 5.57. The molecule has 0 unspecified atom stereocenters. The predicted octanol–water partition coefficient (Wildman–Crippen LogP) is 1.75. The van der Waals surface area contributed by atoms with E-state index in [4.69, 9.17) is 17.0 Å². The van der Waals surface area contributed by atoms with Crippen LogP contribution in [0.1, 0.15) is 39.5 Å². The van der Waals surface area contributed by atoms with Crippen LogP contribution in [0.4, 0.5) is 0 Å². The third-order valence-electron chi connectivity index (χ3n) is 5.60. The molecule has 2 bridgehead atoms. The zero-order valence-electron chi connectivity index (χ0n) is 13.4. The van der Waals surface area contributed by atoms with Gasteiger partial charge in [0.1, 0.15) is 0 Å². The molecule has 2 aliphatic carbocycles. The van der Waals surface area contributed by atoms with Crippen molar-refractivity contribution >= 4 is 17.3 Å². The molecule has 0 aromatic heterocycles. The lowest BCUT2D eigenvalue weighted by molar-refractivity contribution is -0.00830. The van der Waals surface area contributed by atoms with Gasteiger partial charge in [0, 0.05) is 31.2 Å². The summed E-state index contributed by atoms with van der Waals surface area (Å²) in [5, 5.41) is 7.85. The maximum Gasteiger partial charge on any atom is 0.166 e. The summed E-state index contributed by atoms with van der Waals surface area (Å²) in [5.41, 5.74) is 0.115. The van der Waals surface area contributed by atoms with Gasteiger partial charge in [-0.25, -0.2) is 0 Å². The van der Waals surface area contributed by atoms with Crippen molar-refractivity contribution in [3.05, 3.63) is 0 Å². The molecule has 3 rings (SSSR count). The lowest BCUT2D eigenvalue weighted by Crippen LogP contribution is -2.57. The summed E-state index contributed by atoms with van der Waals surface area (Å²) in [6, 6.07) is 0.621. The van der Waals surface area contributed by atoms with E-state index in [1.165, 1.54) is 25.7 Å². The molecule has 21 heavy (non-hydrogen) atoms. The van der Waals surface area contributed by atoms with Crippen molar-refractivity contribution in [3.8, 4) is 0 Å². The number of hydrogen-bond donors (Lipinski definition) is 2. The molecule has 3 atom stereocenters. The lowest BCUT2D eigenvalue weighted by atomic mass is 9.95. The predicted molar refractivity (Wildman–Crippen MR) is 89.4 cm³/mol. The van der Waals surface area contributed by atoms with E-state index in [-0.39, 0.29) is 5.54 Å². The summed E-state index contributed by atoms with van der Waals surface area (Å²) >= 11 is 5.51. The number of nitrogens with one attached hydrogen (secondary N) is 2. The van der Waals surface area contributed by atoms with E-state index < -0.39 is 0 Å². The summed E-state index contributed by atoms with van der Waals surface area (Å²) in [6.45, 7) is 9.17. The van der Waals surface area contributed by atoms with Gasteiger partial charge >= 0.3 is 0 Å². The van der Waals surface area contributed by atoms with Crippen molar-refractivity contribution in [2.24, 2.45) is 11.8 Å². The van der Waals surface area contributed by atoms with E-state index in [0.717, 1.165) is 49.8 Å². The SMILES string of the molecule is CC(C)(CNC(=S)N[C@H]1C[C@@H]2CC[C@H]1C2)N1CCOCC1. The minimum Gasteiger partial charge on any atom is -0.379 e. The van der Waals surface area contributed by atoms with Crippen LogP contribution in [0.5, 0.6) is 0 Å². The first kappa shape index (κ1) is 15.5. The van der Waals surface area contributed by atoms with Gasteiger partial charge in [-0.15, -0.1) is 0 Å². The van der Waals surface area contributed by atoms with Gasteiger partial charge in [0.15, 0.2) is 5.11 Å². The molecule has 0 aromatic rings. The zero-order valence-corrected chi connectivity index (χ0v) is 14.2. The van der Waals surface area contributed by atoms with E-state index >= 15 is 0 Å². The number of hydrogen-bond acceptors (Lipinski definition) is 3. The van der Waals surface area contributed by atoms with Crippen molar-refractivity contribution in [3.63, 3.8) is 0 Å². The van der Waals surface area contributed by atoms with Crippen molar-refractivity contribution in [1.82, 2.24) is 15.5 Å². The highest BCUT2D eigenvalue weighted by Crippen LogP contribution is 2.44. The van der Waals surface area contributed by atoms with Gasteiger partial charge < -0.3 is 15.4 Å². The molecule has 3 fully saturated rings. The van der Waals surface area contributed by atoms with Crippen LogP contribution in [0.2, 0.25) is 0 Å². The molecule has 2 saturated carbocycles. The molecule has 0 aromatic carbocycles. The van der Waals surface area contributed by atoms with E-state index in [1.807, 2.05) is 0 Å². The Bertz CT molecular complexity index is 382. The number of thiocarbonyl (C=S) groups is 1. The Labute approximate surface area is 134 Å². The van der Waals surface area contributed by atoms with Gasteiger partial charge in [0.05, 0.1) is 13.2 Å². The minimum absolute atomic E-state index is 0.115. The van der Waals surface area contributed by atoms with Crippen LogP contribution in [0.15, 0.2) is 0 Å². The zero-order chi connectivity index (χ0) is 14.9. The Balaban J connectivity index is 1.42. The first-order valence-electron chi connectivity index (χ1n) is 8.42. The van der Waals surface area contributed by atoms with E-state index in [0.29, 0.717) is 6.04 Å². The topological polar surface area (TPSA) is 36.5 Å².